The third-order valence-electron chi connectivity index (χ3n) is 6.48. The van der Waals surface area contributed by atoms with Gasteiger partial charge in [-0.2, -0.15) is 0 Å². The molecule has 8 nitrogen and oxygen atoms in total. The van der Waals surface area contributed by atoms with Crippen molar-refractivity contribution >= 4 is 13.7 Å². The van der Waals surface area contributed by atoms with E-state index in [0.717, 1.165) is 77.0 Å². The van der Waals surface area contributed by atoms with E-state index >= 15 is 0 Å². The van der Waals surface area contributed by atoms with E-state index in [4.69, 9.17) is 9.05 Å². The summed E-state index contributed by atoms with van der Waals surface area (Å²) in [5.74, 6) is -0.236. The van der Waals surface area contributed by atoms with Crippen LogP contribution in [-0.2, 0) is 18.4 Å². The highest BCUT2D eigenvalue weighted by Gasteiger charge is 2.23. The number of quaternary nitrogens is 1. The van der Waals surface area contributed by atoms with E-state index in [9.17, 15) is 19.4 Å². The Morgan fingerprint density at radius 1 is 0.837 bits per heavy atom. The van der Waals surface area contributed by atoms with Crippen molar-refractivity contribution in [1.82, 2.24) is 5.32 Å². The standard InChI is InChI=1S/C34H61N2O6P/c1-6-8-10-12-13-14-15-16-17-18-19-20-21-22-23-24-26-28-34(38)35-32(33(37)27-25-11-9-7-2)31-42-43(39,40)41-30-29-36(3,4)5/h8,10,13-14,16-17,19-20,25,27,32-33,37H,6-7,9,11-12,15,18,21-24,26,28-31H2,1-5H3,(H-,35,38,39,40)/b10-8-,14-13-,17-16-,20-19-,27-25+. The molecule has 0 aromatic carbocycles. The minimum atomic E-state index is -4.57. The molecule has 2 N–H and O–H groups in total. The highest BCUT2D eigenvalue weighted by Crippen LogP contribution is 2.38. The quantitative estimate of drug-likeness (QED) is 0.0444. The van der Waals surface area contributed by atoms with Gasteiger partial charge in [-0.1, -0.05) is 100 Å². The van der Waals surface area contributed by atoms with Gasteiger partial charge < -0.3 is 28.8 Å². The molecule has 0 heterocycles. The molecule has 0 aromatic rings. The van der Waals surface area contributed by atoms with Gasteiger partial charge in [0.05, 0.1) is 39.9 Å². The predicted molar refractivity (Wildman–Crippen MR) is 177 cm³/mol. The first kappa shape index (κ1) is 41.2. The lowest BCUT2D eigenvalue weighted by molar-refractivity contribution is -0.870. The van der Waals surface area contributed by atoms with E-state index in [-0.39, 0.29) is 12.5 Å². The molecule has 0 saturated heterocycles. The fourth-order valence-electron chi connectivity index (χ4n) is 3.83. The SMILES string of the molecule is CC/C=C\C/C=C\C/C=C\C/C=C\CCCCCCC(=O)NC(COP(=O)([O-])OCC[N+](C)(C)C)C(O)/C=C/CCCC. The van der Waals surface area contributed by atoms with Crippen LogP contribution in [0.4, 0.5) is 0 Å². The Kier molecular flexibility index (Phi) is 25.5. The molecular formula is C34H61N2O6P. The minimum Gasteiger partial charge on any atom is -0.756 e. The second kappa shape index (κ2) is 26.6. The summed E-state index contributed by atoms with van der Waals surface area (Å²) in [5.41, 5.74) is 0. The lowest BCUT2D eigenvalue weighted by Gasteiger charge is -2.29. The van der Waals surface area contributed by atoms with E-state index in [1.54, 1.807) is 6.08 Å². The molecule has 0 aromatic heterocycles. The molecule has 0 radical (unpaired) electrons. The van der Waals surface area contributed by atoms with Gasteiger partial charge in [0.15, 0.2) is 0 Å². The number of carbonyl (C=O) groups is 1. The molecule has 0 saturated carbocycles. The first-order valence-electron chi connectivity index (χ1n) is 16.2. The van der Waals surface area contributed by atoms with Crippen LogP contribution in [0.1, 0.15) is 97.3 Å². The minimum absolute atomic E-state index is 0.0109. The van der Waals surface area contributed by atoms with Gasteiger partial charge in [-0.3, -0.25) is 9.36 Å². The van der Waals surface area contributed by atoms with Crippen LogP contribution in [0, 0.1) is 0 Å². The van der Waals surface area contributed by atoms with Crippen LogP contribution in [0.5, 0.6) is 0 Å². The third-order valence-corrected chi connectivity index (χ3v) is 7.45. The van der Waals surface area contributed by atoms with E-state index in [0.29, 0.717) is 17.4 Å². The Balaban J connectivity index is 4.40. The van der Waals surface area contributed by atoms with Crippen LogP contribution in [0.25, 0.3) is 0 Å². The predicted octanol–water partition coefficient (Wildman–Crippen LogP) is 6.93. The molecule has 0 aliphatic heterocycles. The number of allylic oxidation sites excluding steroid dienone is 9. The summed E-state index contributed by atoms with van der Waals surface area (Å²) in [4.78, 5) is 24.8. The summed E-state index contributed by atoms with van der Waals surface area (Å²) < 4.78 is 22.8. The maximum Gasteiger partial charge on any atom is 0.268 e. The van der Waals surface area contributed by atoms with Crippen LogP contribution < -0.4 is 10.2 Å². The van der Waals surface area contributed by atoms with Crippen molar-refractivity contribution in [3.8, 4) is 0 Å². The summed E-state index contributed by atoms with van der Waals surface area (Å²) in [7, 11) is 1.22. The zero-order valence-corrected chi connectivity index (χ0v) is 28.5. The molecular weight excluding hydrogens is 563 g/mol. The first-order valence-corrected chi connectivity index (χ1v) is 17.6. The fourth-order valence-corrected chi connectivity index (χ4v) is 4.55. The molecule has 0 bridgehead atoms. The first-order chi connectivity index (χ1) is 20.5. The topological polar surface area (TPSA) is 108 Å². The largest absolute Gasteiger partial charge is 0.756 e. The molecule has 0 aliphatic carbocycles. The smallest absolute Gasteiger partial charge is 0.268 e. The Morgan fingerprint density at radius 2 is 1.42 bits per heavy atom. The molecule has 0 rings (SSSR count). The molecule has 3 atom stereocenters. The highest BCUT2D eigenvalue weighted by atomic mass is 31.2. The summed E-state index contributed by atoms with van der Waals surface area (Å²) in [6, 6.07) is -0.896. The van der Waals surface area contributed by atoms with Gasteiger partial charge in [-0.15, -0.1) is 0 Å². The van der Waals surface area contributed by atoms with Gasteiger partial charge in [0.1, 0.15) is 13.2 Å². The molecule has 0 fully saturated rings. The van der Waals surface area contributed by atoms with Gasteiger partial charge in [0, 0.05) is 6.42 Å². The van der Waals surface area contributed by atoms with Crippen LogP contribution >= 0.6 is 7.82 Å². The molecule has 1 amide bonds. The van der Waals surface area contributed by atoms with Crippen LogP contribution in [-0.4, -0.2) is 68.5 Å². The van der Waals surface area contributed by atoms with Crippen molar-refractivity contribution < 1.29 is 32.9 Å². The number of rotatable bonds is 27. The second-order valence-electron chi connectivity index (χ2n) is 11.8. The van der Waals surface area contributed by atoms with Crippen LogP contribution in [0.3, 0.4) is 0 Å². The molecule has 43 heavy (non-hydrogen) atoms. The lowest BCUT2D eigenvalue weighted by atomic mass is 10.1. The fraction of sp³-hybridized carbons (Fsp3) is 0.676. The van der Waals surface area contributed by atoms with Gasteiger partial charge in [0.25, 0.3) is 7.82 Å². The van der Waals surface area contributed by atoms with Gasteiger partial charge >= 0.3 is 0 Å². The number of likely N-dealkylation sites (N-methyl/N-ethyl adjacent to an activating group) is 1. The van der Waals surface area contributed by atoms with E-state index in [1.807, 2.05) is 27.2 Å². The number of phosphoric acid groups is 1. The number of aliphatic hydroxyl groups excluding tert-OH is 1. The Bertz CT molecular complexity index is 892. The average molecular weight is 625 g/mol. The van der Waals surface area contributed by atoms with Gasteiger partial charge in [0.2, 0.25) is 5.91 Å². The number of amides is 1. The zero-order valence-electron chi connectivity index (χ0n) is 27.6. The van der Waals surface area contributed by atoms with Crippen molar-refractivity contribution in [3.63, 3.8) is 0 Å². The van der Waals surface area contributed by atoms with Crippen molar-refractivity contribution in [2.75, 3.05) is 40.9 Å². The van der Waals surface area contributed by atoms with Crippen LogP contribution in [0.15, 0.2) is 60.8 Å². The molecule has 0 aliphatic rings. The maximum absolute atomic E-state index is 12.6. The van der Waals surface area contributed by atoms with Crippen LogP contribution in [0.2, 0.25) is 0 Å². The highest BCUT2D eigenvalue weighted by molar-refractivity contribution is 7.45. The molecule has 0 spiro atoms. The summed E-state index contributed by atoms with van der Waals surface area (Å²) in [6.45, 7) is 4.30. The summed E-state index contributed by atoms with van der Waals surface area (Å²) in [5, 5.41) is 13.4. The summed E-state index contributed by atoms with van der Waals surface area (Å²) >= 11 is 0. The monoisotopic (exact) mass is 624 g/mol. The van der Waals surface area contributed by atoms with E-state index in [1.165, 1.54) is 0 Å². The Morgan fingerprint density at radius 3 is 2.02 bits per heavy atom. The number of nitrogens with one attached hydrogen (secondary N) is 1. The van der Waals surface area contributed by atoms with Gasteiger partial charge in [-0.25, -0.2) is 0 Å². The number of nitrogens with zero attached hydrogens (tertiary/aromatic N) is 1. The Labute approximate surface area is 262 Å². The molecule has 248 valence electrons. The third kappa shape index (κ3) is 28.7. The van der Waals surface area contributed by atoms with Crippen molar-refractivity contribution in [3.05, 3.63) is 60.8 Å². The zero-order chi connectivity index (χ0) is 32.2. The lowest BCUT2D eigenvalue weighted by Crippen LogP contribution is -2.45. The number of carbonyl (C=O) groups excluding carboxylic acids is 1. The van der Waals surface area contributed by atoms with Crippen molar-refractivity contribution in [1.29, 1.82) is 0 Å². The number of unbranched alkanes of at least 4 members (excludes halogenated alkanes) is 6. The van der Waals surface area contributed by atoms with Gasteiger partial charge in [-0.05, 0) is 51.4 Å². The average Bonchev–Trinajstić information content (AvgIpc) is 2.94. The number of aliphatic hydroxyl groups is 1. The number of phosphoric ester groups is 1. The number of hydrogen-bond acceptors (Lipinski definition) is 6. The van der Waals surface area contributed by atoms with E-state index in [2.05, 4.69) is 67.8 Å². The normalized spacial score (nSPS) is 15.8. The second-order valence-corrected chi connectivity index (χ2v) is 13.2. The molecule has 3 unspecified atom stereocenters. The summed E-state index contributed by atoms with van der Waals surface area (Å²) in [6.07, 6.45) is 31.8. The molecule has 9 heteroatoms. The Hall–Kier alpha value is -1.80. The van der Waals surface area contributed by atoms with Crippen molar-refractivity contribution in [2.45, 2.75) is 109 Å². The van der Waals surface area contributed by atoms with Crippen molar-refractivity contribution in [2.24, 2.45) is 0 Å². The van der Waals surface area contributed by atoms with E-state index < -0.39 is 26.6 Å². The number of hydrogen-bond donors (Lipinski definition) is 2. The maximum atomic E-state index is 12.6.